The second kappa shape index (κ2) is 4.70. The minimum absolute atomic E-state index is 0.0338. The van der Waals surface area contributed by atoms with Gasteiger partial charge in [0.15, 0.2) is 0 Å². The van der Waals surface area contributed by atoms with E-state index in [9.17, 15) is 18.5 Å². The fourth-order valence-electron chi connectivity index (χ4n) is 1.68. The maximum absolute atomic E-state index is 12.2. The molecule has 0 aromatic heterocycles. The van der Waals surface area contributed by atoms with Gasteiger partial charge in [-0.05, 0) is 12.1 Å². The molecule has 0 saturated heterocycles. The number of benzene rings is 1. The van der Waals surface area contributed by atoms with Crippen LogP contribution in [0, 0.1) is 21.4 Å². The van der Waals surface area contributed by atoms with Gasteiger partial charge in [0.05, 0.1) is 15.9 Å². The predicted molar refractivity (Wildman–Crippen MR) is 65.3 cm³/mol. The van der Waals surface area contributed by atoms with Gasteiger partial charge in [-0.2, -0.15) is 5.26 Å². The van der Waals surface area contributed by atoms with Crippen molar-refractivity contribution >= 4 is 15.7 Å². The molecule has 0 fully saturated rings. The van der Waals surface area contributed by atoms with Crippen molar-refractivity contribution in [2.75, 3.05) is 6.54 Å². The highest BCUT2D eigenvalue weighted by Gasteiger charge is 2.26. The topological polar surface area (TPSA) is 104 Å². The summed E-state index contributed by atoms with van der Waals surface area (Å²) in [6.45, 7) is 0.211. The number of non-ortho nitro benzene ring substituents is 1. The van der Waals surface area contributed by atoms with Crippen molar-refractivity contribution < 1.29 is 13.3 Å². The first-order chi connectivity index (χ1) is 8.95. The zero-order chi connectivity index (χ0) is 14.0. The van der Waals surface area contributed by atoms with Gasteiger partial charge in [0.25, 0.3) is 15.7 Å². The van der Waals surface area contributed by atoms with Gasteiger partial charge in [-0.1, -0.05) is 0 Å². The van der Waals surface area contributed by atoms with Crippen molar-refractivity contribution in [2.24, 2.45) is 0 Å². The molecule has 1 aromatic rings. The molecule has 0 saturated carbocycles. The molecule has 0 bridgehead atoms. The second-order valence-electron chi connectivity index (χ2n) is 3.88. The molecule has 1 heterocycles. The van der Waals surface area contributed by atoms with E-state index < -0.39 is 14.9 Å². The van der Waals surface area contributed by atoms with Crippen molar-refractivity contribution in [3.63, 3.8) is 0 Å². The SMILES string of the molecule is N#CC1=CN(S(=O)(=O)c2ccc([N+](=O)[O-])cc2)CC1. The second-order valence-corrected chi connectivity index (χ2v) is 5.77. The average Bonchev–Trinajstić information content (AvgIpc) is 2.88. The number of hydrogen-bond acceptors (Lipinski definition) is 5. The van der Waals surface area contributed by atoms with Crippen LogP contribution in [-0.2, 0) is 10.0 Å². The molecule has 1 aromatic carbocycles. The first-order valence-corrected chi connectivity index (χ1v) is 6.76. The number of sulfonamides is 1. The molecular weight excluding hydrogens is 270 g/mol. The molecule has 8 heteroatoms. The minimum atomic E-state index is -3.74. The van der Waals surface area contributed by atoms with Crippen LogP contribution < -0.4 is 0 Å². The van der Waals surface area contributed by atoms with E-state index >= 15 is 0 Å². The summed E-state index contributed by atoms with van der Waals surface area (Å²) in [5, 5.41) is 19.2. The third-order valence-electron chi connectivity index (χ3n) is 2.70. The number of nitriles is 1. The Morgan fingerprint density at radius 1 is 1.32 bits per heavy atom. The van der Waals surface area contributed by atoms with Gasteiger partial charge < -0.3 is 0 Å². The van der Waals surface area contributed by atoms with E-state index in [1.54, 1.807) is 0 Å². The van der Waals surface area contributed by atoms with Crippen LogP contribution in [0.25, 0.3) is 0 Å². The Labute approximate surface area is 109 Å². The largest absolute Gasteiger partial charge is 0.272 e. The number of hydrogen-bond donors (Lipinski definition) is 0. The van der Waals surface area contributed by atoms with E-state index in [0.717, 1.165) is 16.4 Å². The quantitative estimate of drug-likeness (QED) is 0.614. The Bertz CT molecular complexity index is 686. The van der Waals surface area contributed by atoms with Crippen LogP contribution in [-0.4, -0.2) is 24.2 Å². The average molecular weight is 279 g/mol. The molecule has 0 unspecified atom stereocenters. The predicted octanol–water partition coefficient (Wildman–Crippen LogP) is 1.40. The van der Waals surface area contributed by atoms with Crippen molar-refractivity contribution in [3.05, 3.63) is 46.2 Å². The van der Waals surface area contributed by atoms with E-state index in [0.29, 0.717) is 12.0 Å². The highest BCUT2D eigenvalue weighted by Crippen LogP contribution is 2.24. The van der Waals surface area contributed by atoms with Crippen LogP contribution in [0.2, 0.25) is 0 Å². The fourth-order valence-corrected chi connectivity index (χ4v) is 3.03. The summed E-state index contributed by atoms with van der Waals surface area (Å²) in [5.41, 5.74) is 0.221. The minimum Gasteiger partial charge on any atom is -0.272 e. The molecule has 7 nitrogen and oxygen atoms in total. The smallest absolute Gasteiger partial charge is 0.269 e. The lowest BCUT2D eigenvalue weighted by atomic mass is 10.3. The lowest BCUT2D eigenvalue weighted by Gasteiger charge is -2.15. The zero-order valence-corrected chi connectivity index (χ0v) is 10.5. The molecule has 19 heavy (non-hydrogen) atoms. The Hall–Kier alpha value is -2.40. The molecule has 2 rings (SSSR count). The van der Waals surface area contributed by atoms with Crippen molar-refractivity contribution in [3.8, 4) is 6.07 Å². The number of nitro benzene ring substituents is 1. The van der Waals surface area contributed by atoms with Gasteiger partial charge >= 0.3 is 0 Å². The third kappa shape index (κ3) is 2.41. The number of nitro groups is 1. The van der Waals surface area contributed by atoms with Gasteiger partial charge in [0.1, 0.15) is 0 Å². The summed E-state index contributed by atoms with van der Waals surface area (Å²) in [6.07, 6.45) is 1.67. The number of rotatable bonds is 3. The lowest BCUT2D eigenvalue weighted by Crippen LogP contribution is -2.23. The normalized spacial score (nSPS) is 14.9. The van der Waals surface area contributed by atoms with Crippen LogP contribution in [0.1, 0.15) is 6.42 Å². The summed E-state index contributed by atoms with van der Waals surface area (Å²) in [6, 6.07) is 6.55. The highest BCUT2D eigenvalue weighted by atomic mass is 32.2. The fraction of sp³-hybridized carbons (Fsp3) is 0.182. The van der Waals surface area contributed by atoms with Crippen LogP contribution >= 0.6 is 0 Å². The Balaban J connectivity index is 2.33. The van der Waals surface area contributed by atoms with Crippen LogP contribution in [0.15, 0.2) is 40.9 Å². The summed E-state index contributed by atoms with van der Waals surface area (Å²) in [7, 11) is -3.74. The molecule has 98 valence electrons. The summed E-state index contributed by atoms with van der Waals surface area (Å²) in [4.78, 5) is 9.87. The Morgan fingerprint density at radius 3 is 2.42 bits per heavy atom. The molecule has 0 atom stereocenters. The molecule has 1 aliphatic heterocycles. The summed E-state index contributed by atoms with van der Waals surface area (Å²) < 4.78 is 25.4. The molecule has 1 aliphatic rings. The molecule has 0 aliphatic carbocycles. The molecule has 0 radical (unpaired) electrons. The van der Waals surface area contributed by atoms with E-state index in [1.165, 1.54) is 18.3 Å². The summed E-state index contributed by atoms with van der Waals surface area (Å²) in [5.74, 6) is 0. The zero-order valence-electron chi connectivity index (χ0n) is 9.68. The summed E-state index contributed by atoms with van der Waals surface area (Å²) >= 11 is 0. The van der Waals surface area contributed by atoms with E-state index in [-0.39, 0.29) is 17.1 Å². The first kappa shape index (κ1) is 13.0. The maximum Gasteiger partial charge on any atom is 0.269 e. The Kier molecular flexibility index (Phi) is 3.23. The van der Waals surface area contributed by atoms with Crippen molar-refractivity contribution in [2.45, 2.75) is 11.3 Å². The third-order valence-corrected chi connectivity index (χ3v) is 4.47. The van der Waals surface area contributed by atoms with Crippen LogP contribution in [0.5, 0.6) is 0 Å². The molecule has 0 amide bonds. The van der Waals surface area contributed by atoms with Gasteiger partial charge in [-0.3, -0.25) is 14.4 Å². The van der Waals surface area contributed by atoms with Crippen LogP contribution in [0.4, 0.5) is 5.69 Å². The molecule has 0 N–H and O–H groups in total. The highest BCUT2D eigenvalue weighted by molar-refractivity contribution is 7.89. The molecule has 0 spiro atoms. The standard InChI is InChI=1S/C11H9N3O4S/c12-7-9-5-6-13(8-9)19(17,18)11-3-1-10(2-4-11)14(15)16/h1-4,8H,5-6H2. The first-order valence-electron chi connectivity index (χ1n) is 5.32. The van der Waals surface area contributed by atoms with Gasteiger partial charge in [-0.15, -0.1) is 0 Å². The Morgan fingerprint density at radius 2 is 1.95 bits per heavy atom. The van der Waals surface area contributed by atoms with Crippen molar-refractivity contribution in [1.29, 1.82) is 5.26 Å². The maximum atomic E-state index is 12.2. The van der Waals surface area contributed by atoms with Gasteiger partial charge in [0, 0.05) is 36.9 Å². The van der Waals surface area contributed by atoms with E-state index in [2.05, 4.69) is 0 Å². The van der Waals surface area contributed by atoms with E-state index in [1.807, 2.05) is 6.07 Å². The molecular formula is C11H9N3O4S. The van der Waals surface area contributed by atoms with Crippen molar-refractivity contribution in [1.82, 2.24) is 4.31 Å². The monoisotopic (exact) mass is 279 g/mol. The van der Waals surface area contributed by atoms with Crippen LogP contribution in [0.3, 0.4) is 0 Å². The number of nitrogens with zero attached hydrogens (tertiary/aromatic N) is 3. The van der Waals surface area contributed by atoms with E-state index in [4.69, 9.17) is 5.26 Å². The van der Waals surface area contributed by atoms with Gasteiger partial charge in [0.2, 0.25) is 0 Å². The van der Waals surface area contributed by atoms with Gasteiger partial charge in [-0.25, -0.2) is 8.42 Å². The lowest BCUT2D eigenvalue weighted by molar-refractivity contribution is -0.384.